The molecule has 1 nitrogen and oxygen atoms in total. The standard InChI is InChI=1S/C4H3O.Na.Zn.H/c1-2-4-5-3-1;;;/h1-3H;;;. The summed E-state index contributed by atoms with van der Waals surface area (Å²) in [4.78, 5) is 0. The van der Waals surface area contributed by atoms with Gasteiger partial charge in [-0.25, -0.2) is 0 Å². The molecule has 0 N–H and O–H groups in total. The van der Waals surface area contributed by atoms with E-state index in [1.807, 2.05) is 0 Å². The molecule has 0 unspecified atom stereocenters. The van der Waals surface area contributed by atoms with Gasteiger partial charge in [0.15, 0.2) is 6.26 Å². The molecule has 0 amide bonds. The Morgan fingerprint density at radius 1 is 1.43 bits per heavy atom. The van der Waals surface area contributed by atoms with Crippen LogP contribution in [0.2, 0.25) is 0 Å². The fraction of sp³-hybridized carbons (Fsp3) is 0. The Labute approximate surface area is 77.5 Å². The number of rotatable bonds is 0. The smallest absolute Gasteiger partial charge is 0.169 e. The van der Waals surface area contributed by atoms with Crippen LogP contribution in [0, 0.1) is 6.26 Å². The minimum atomic E-state index is 0. The molecule has 0 aliphatic rings. The average molecular weight is 156 g/mol. The molecule has 3 heteroatoms. The third-order valence-corrected chi connectivity index (χ3v) is 0.379. The Hall–Kier alpha value is 0.903. The van der Waals surface area contributed by atoms with Gasteiger partial charge >= 0.3 is 29.6 Å². The molecule has 7 heavy (non-hydrogen) atoms. The molecule has 1 rings (SSSR count). The van der Waals surface area contributed by atoms with Crippen molar-refractivity contribution in [2.45, 2.75) is 0 Å². The molecule has 0 aromatic carbocycles. The van der Waals surface area contributed by atoms with Gasteiger partial charge in [0, 0.05) is 19.5 Å². The van der Waals surface area contributed by atoms with E-state index in [1.54, 1.807) is 18.4 Å². The Morgan fingerprint density at radius 3 is 2.29 bits per heavy atom. The molecule has 1 aromatic rings. The summed E-state index contributed by atoms with van der Waals surface area (Å²) in [6.45, 7) is 0. The van der Waals surface area contributed by atoms with Crippen LogP contribution in [0.15, 0.2) is 22.8 Å². The van der Waals surface area contributed by atoms with E-state index in [0.29, 0.717) is 0 Å². The van der Waals surface area contributed by atoms with Crippen molar-refractivity contribution in [3.8, 4) is 0 Å². The minimum absolute atomic E-state index is 0. The molecule has 0 spiro atoms. The van der Waals surface area contributed by atoms with E-state index in [1.165, 1.54) is 0 Å². The number of furan rings is 1. The van der Waals surface area contributed by atoms with Gasteiger partial charge in [-0.3, -0.25) is 0 Å². The summed E-state index contributed by atoms with van der Waals surface area (Å²) in [6, 6.07) is 3.49. The van der Waals surface area contributed by atoms with Crippen LogP contribution in [0.25, 0.3) is 0 Å². The van der Waals surface area contributed by atoms with E-state index in [4.69, 9.17) is 0 Å². The first-order valence-electron chi connectivity index (χ1n) is 1.40. The van der Waals surface area contributed by atoms with E-state index in [9.17, 15) is 0 Å². The van der Waals surface area contributed by atoms with Gasteiger partial charge in [0.1, 0.15) is 0 Å². The summed E-state index contributed by atoms with van der Waals surface area (Å²) < 4.78 is 4.46. The van der Waals surface area contributed by atoms with Crippen molar-refractivity contribution in [2.24, 2.45) is 0 Å². The molecule has 0 aliphatic carbocycles. The number of hydrogen-bond donors (Lipinski definition) is 0. The Kier molecular flexibility index (Phi) is 10.7. The van der Waals surface area contributed by atoms with Gasteiger partial charge in [-0.1, -0.05) is 0 Å². The second kappa shape index (κ2) is 6.90. The second-order valence-electron chi connectivity index (χ2n) is 0.731. The normalized spacial score (nSPS) is 5.71. The van der Waals surface area contributed by atoms with Gasteiger partial charge in [0.05, 0.1) is 6.26 Å². The van der Waals surface area contributed by atoms with Gasteiger partial charge in [-0.05, 0) is 12.1 Å². The molecule has 0 aliphatic heterocycles. The van der Waals surface area contributed by atoms with Gasteiger partial charge in [-0.2, -0.15) is 0 Å². The van der Waals surface area contributed by atoms with E-state index in [0.717, 1.165) is 0 Å². The maximum atomic E-state index is 4.46. The predicted octanol–water partition coefficient (Wildman–Crippen LogP) is 0.429. The van der Waals surface area contributed by atoms with Crippen LogP contribution in [0.5, 0.6) is 0 Å². The summed E-state index contributed by atoms with van der Waals surface area (Å²) in [7, 11) is 0. The van der Waals surface area contributed by atoms with Gasteiger partial charge in [0.25, 0.3) is 0 Å². The van der Waals surface area contributed by atoms with Crippen molar-refractivity contribution in [2.75, 3.05) is 0 Å². The van der Waals surface area contributed by atoms with Crippen LogP contribution >= 0.6 is 0 Å². The van der Waals surface area contributed by atoms with Crippen LogP contribution in [0.4, 0.5) is 0 Å². The Balaban J connectivity index is 0. The fourth-order valence-electron chi connectivity index (χ4n) is 0.196. The first-order chi connectivity index (χ1) is 2.50. The second-order valence-corrected chi connectivity index (χ2v) is 0.731. The van der Waals surface area contributed by atoms with Crippen molar-refractivity contribution in [3.05, 3.63) is 24.7 Å². The summed E-state index contributed by atoms with van der Waals surface area (Å²) >= 11 is 0. The van der Waals surface area contributed by atoms with Crippen LogP contribution in [0.1, 0.15) is 0 Å². The zero-order chi connectivity index (χ0) is 3.54. The van der Waals surface area contributed by atoms with Crippen molar-refractivity contribution in [1.82, 2.24) is 0 Å². The molecule has 29 valence electrons. The zero-order valence-electron chi connectivity index (χ0n) is 3.35. The molecule has 1 radical (unpaired) electrons. The van der Waals surface area contributed by atoms with Crippen LogP contribution in [0.3, 0.4) is 0 Å². The molecule has 1 aromatic heterocycles. The molecule has 0 bridgehead atoms. The van der Waals surface area contributed by atoms with E-state index >= 15 is 0 Å². The topological polar surface area (TPSA) is 13.1 Å². The molecular weight excluding hydrogens is 152 g/mol. The van der Waals surface area contributed by atoms with Gasteiger partial charge < -0.3 is 4.42 Å². The third kappa shape index (κ3) is 4.76. The summed E-state index contributed by atoms with van der Waals surface area (Å²) in [6.07, 6.45) is 4.06. The van der Waals surface area contributed by atoms with Crippen LogP contribution in [-0.4, -0.2) is 29.6 Å². The molecule has 0 saturated heterocycles. The minimum Gasteiger partial charge on any atom is -0.461 e. The summed E-state index contributed by atoms with van der Waals surface area (Å²) in [5, 5.41) is 0. The Morgan fingerprint density at radius 2 is 2.14 bits per heavy atom. The van der Waals surface area contributed by atoms with Crippen molar-refractivity contribution < 1.29 is 23.9 Å². The van der Waals surface area contributed by atoms with Crippen molar-refractivity contribution in [3.63, 3.8) is 0 Å². The van der Waals surface area contributed by atoms with E-state index in [-0.39, 0.29) is 49.0 Å². The fourth-order valence-corrected chi connectivity index (χ4v) is 0.196. The molecular formula is C4H4NaOZn. The van der Waals surface area contributed by atoms with E-state index in [2.05, 4.69) is 10.7 Å². The quantitative estimate of drug-likeness (QED) is 0.497. The van der Waals surface area contributed by atoms with Crippen LogP contribution in [-0.2, 0) is 19.5 Å². The SMILES string of the molecule is [NaH].[Zn].[c]1ccco1. The summed E-state index contributed by atoms with van der Waals surface area (Å²) in [5.41, 5.74) is 0. The Bertz CT molecular complexity index is 68.2. The molecule has 0 atom stereocenters. The average Bonchev–Trinajstić information content (AvgIpc) is 1.76. The molecule has 1 heterocycles. The summed E-state index contributed by atoms with van der Waals surface area (Å²) in [5.74, 6) is 0. The number of hydrogen-bond acceptors (Lipinski definition) is 1. The van der Waals surface area contributed by atoms with Gasteiger partial charge in [-0.15, -0.1) is 0 Å². The van der Waals surface area contributed by atoms with Crippen LogP contribution < -0.4 is 0 Å². The zero-order valence-corrected chi connectivity index (χ0v) is 6.31. The van der Waals surface area contributed by atoms with Gasteiger partial charge in [0.2, 0.25) is 0 Å². The first-order valence-corrected chi connectivity index (χ1v) is 1.40. The predicted molar refractivity (Wildman–Crippen MR) is 24.7 cm³/mol. The van der Waals surface area contributed by atoms with Crippen molar-refractivity contribution >= 4 is 29.6 Å². The van der Waals surface area contributed by atoms with E-state index < -0.39 is 0 Å². The first kappa shape index (κ1) is 10.8. The molecule has 0 saturated carbocycles. The maximum absolute atomic E-state index is 4.46. The van der Waals surface area contributed by atoms with Crippen molar-refractivity contribution in [1.29, 1.82) is 0 Å². The third-order valence-electron chi connectivity index (χ3n) is 0.379. The maximum Gasteiger partial charge on any atom is 0.169 e. The largest absolute Gasteiger partial charge is 0.461 e. The monoisotopic (exact) mass is 155 g/mol. The molecule has 0 fully saturated rings.